The average Bonchev–Trinajstić information content (AvgIpc) is 3.09. The molecule has 0 saturated carbocycles. The lowest BCUT2D eigenvalue weighted by Crippen LogP contribution is -1.94. The maximum Gasteiger partial charge on any atom is 0.0900 e. The second-order valence-corrected chi connectivity index (χ2v) is 9.69. The third kappa shape index (κ3) is 5.29. The van der Waals surface area contributed by atoms with Crippen LogP contribution in [0.3, 0.4) is 0 Å². The number of rotatable bonds is 6. The fourth-order valence-corrected chi connectivity index (χ4v) is 4.83. The molecule has 0 spiro atoms. The molecule has 7 rings (SSSR count). The van der Waals surface area contributed by atoms with Crippen molar-refractivity contribution in [3.05, 3.63) is 146 Å². The Bertz CT molecular complexity index is 1680. The maximum atomic E-state index is 4.90. The summed E-state index contributed by atoms with van der Waals surface area (Å²) in [6.07, 6.45) is 7.14. The number of benzene rings is 1. The zero-order valence-corrected chi connectivity index (χ0v) is 22.5. The highest BCUT2D eigenvalue weighted by Gasteiger charge is 2.13. The summed E-state index contributed by atoms with van der Waals surface area (Å²) >= 11 is 0. The van der Waals surface area contributed by atoms with Gasteiger partial charge < -0.3 is 0 Å². The Morgan fingerprint density at radius 2 is 0.548 bits per heavy atom. The molecule has 0 atom stereocenters. The Hall–Kier alpha value is -5.88. The fraction of sp³-hybridized carbons (Fsp3) is 0. The van der Waals surface area contributed by atoms with Crippen LogP contribution in [0.15, 0.2) is 146 Å². The molecule has 0 saturated heterocycles. The Labute approximate surface area is 243 Å². The quantitative estimate of drug-likeness (QED) is 0.212. The SMILES string of the molecule is c1ccc(-c2cc(-c3ccc(-c4cc(-c5ccccn5)nc(-c5ccccn5)c4)cc3)cc(-c3ccccn3)n2)nc1. The molecular weight excluding hydrogens is 516 g/mol. The molecule has 1 aromatic carbocycles. The normalized spacial score (nSPS) is 10.9. The predicted molar refractivity (Wildman–Crippen MR) is 166 cm³/mol. The molecule has 0 amide bonds. The van der Waals surface area contributed by atoms with E-state index in [2.05, 4.69) is 68.5 Å². The first-order valence-electron chi connectivity index (χ1n) is 13.6. The predicted octanol–water partition coefficient (Wildman–Crippen LogP) is 8.06. The Balaban J connectivity index is 1.31. The molecule has 0 radical (unpaired) electrons. The second-order valence-electron chi connectivity index (χ2n) is 9.69. The molecule has 0 aliphatic heterocycles. The van der Waals surface area contributed by atoms with Crippen molar-refractivity contribution in [2.24, 2.45) is 0 Å². The van der Waals surface area contributed by atoms with Crippen LogP contribution in [0.2, 0.25) is 0 Å². The average molecular weight is 541 g/mol. The van der Waals surface area contributed by atoms with E-state index in [1.165, 1.54) is 0 Å². The summed E-state index contributed by atoms with van der Waals surface area (Å²) in [4.78, 5) is 28.0. The maximum absolute atomic E-state index is 4.90. The van der Waals surface area contributed by atoms with Crippen molar-refractivity contribution in [2.75, 3.05) is 0 Å². The highest BCUT2D eigenvalue weighted by molar-refractivity contribution is 5.79. The van der Waals surface area contributed by atoms with Gasteiger partial charge in [-0.2, -0.15) is 0 Å². The minimum absolute atomic E-state index is 0.798. The van der Waals surface area contributed by atoms with Gasteiger partial charge in [-0.25, -0.2) is 9.97 Å². The number of pyridine rings is 6. The van der Waals surface area contributed by atoms with E-state index in [0.29, 0.717) is 0 Å². The minimum Gasteiger partial charge on any atom is -0.255 e. The van der Waals surface area contributed by atoms with E-state index in [1.807, 2.05) is 72.8 Å². The molecule has 0 N–H and O–H groups in total. The number of aromatic nitrogens is 6. The Kier molecular flexibility index (Phi) is 6.76. The van der Waals surface area contributed by atoms with Gasteiger partial charge in [-0.15, -0.1) is 0 Å². The number of nitrogens with zero attached hydrogens (tertiary/aromatic N) is 6. The van der Waals surface area contributed by atoms with Gasteiger partial charge in [0.1, 0.15) is 0 Å². The molecule has 0 fully saturated rings. The number of hydrogen-bond donors (Lipinski definition) is 0. The summed E-state index contributed by atoms with van der Waals surface area (Å²) in [5, 5.41) is 0. The number of hydrogen-bond acceptors (Lipinski definition) is 6. The van der Waals surface area contributed by atoms with Crippen molar-refractivity contribution in [2.45, 2.75) is 0 Å². The van der Waals surface area contributed by atoms with Crippen LogP contribution in [-0.2, 0) is 0 Å². The molecular formula is C36H24N6. The molecule has 6 nitrogen and oxygen atoms in total. The third-order valence-electron chi connectivity index (χ3n) is 6.91. The first-order chi connectivity index (χ1) is 20.8. The van der Waals surface area contributed by atoms with Gasteiger partial charge in [0.05, 0.1) is 45.6 Å². The fourth-order valence-electron chi connectivity index (χ4n) is 4.83. The molecule has 6 heteroatoms. The first-order valence-corrected chi connectivity index (χ1v) is 13.6. The lowest BCUT2D eigenvalue weighted by molar-refractivity contribution is 1.22. The van der Waals surface area contributed by atoms with Gasteiger partial charge in [-0.1, -0.05) is 48.5 Å². The standard InChI is InChI=1S/C36H24N6/c1-5-17-37-29(9-1)33-21-27(22-34(41-33)30-10-2-6-18-38-30)25-13-15-26(16-14-25)28-23-35(31-11-3-7-19-39-31)42-36(24-28)32-12-4-8-20-40-32/h1-24H. The molecule has 0 bridgehead atoms. The van der Waals surface area contributed by atoms with Gasteiger partial charge in [0.2, 0.25) is 0 Å². The molecule has 0 aliphatic carbocycles. The second kappa shape index (κ2) is 11.3. The van der Waals surface area contributed by atoms with Crippen molar-refractivity contribution in [3.63, 3.8) is 0 Å². The van der Waals surface area contributed by atoms with E-state index >= 15 is 0 Å². The molecule has 42 heavy (non-hydrogen) atoms. The minimum atomic E-state index is 0.798. The summed E-state index contributed by atoms with van der Waals surface area (Å²) in [6, 6.07) is 40.2. The van der Waals surface area contributed by atoms with Crippen LogP contribution < -0.4 is 0 Å². The van der Waals surface area contributed by atoms with Crippen molar-refractivity contribution in [3.8, 4) is 67.8 Å². The van der Waals surface area contributed by atoms with Gasteiger partial charge in [0, 0.05) is 24.8 Å². The molecule has 6 heterocycles. The van der Waals surface area contributed by atoms with Crippen LogP contribution >= 0.6 is 0 Å². The van der Waals surface area contributed by atoms with E-state index < -0.39 is 0 Å². The monoisotopic (exact) mass is 540 g/mol. The van der Waals surface area contributed by atoms with Crippen LogP contribution in [-0.4, -0.2) is 29.9 Å². The third-order valence-corrected chi connectivity index (χ3v) is 6.91. The summed E-state index contributed by atoms with van der Waals surface area (Å²) in [7, 11) is 0. The van der Waals surface area contributed by atoms with Gasteiger partial charge in [0.25, 0.3) is 0 Å². The van der Waals surface area contributed by atoms with E-state index in [4.69, 9.17) is 9.97 Å². The molecule has 198 valence electrons. The van der Waals surface area contributed by atoms with Crippen molar-refractivity contribution in [1.82, 2.24) is 29.9 Å². The zero-order valence-electron chi connectivity index (χ0n) is 22.5. The largest absolute Gasteiger partial charge is 0.255 e. The van der Waals surface area contributed by atoms with Crippen molar-refractivity contribution < 1.29 is 0 Å². The van der Waals surface area contributed by atoms with Gasteiger partial charge in [-0.05, 0) is 95.1 Å². The van der Waals surface area contributed by atoms with Crippen molar-refractivity contribution >= 4 is 0 Å². The summed E-state index contributed by atoms with van der Waals surface area (Å²) < 4.78 is 0. The van der Waals surface area contributed by atoms with Crippen LogP contribution in [0, 0.1) is 0 Å². The highest BCUT2D eigenvalue weighted by Crippen LogP contribution is 2.32. The van der Waals surface area contributed by atoms with Crippen LogP contribution in [0.1, 0.15) is 0 Å². The smallest absolute Gasteiger partial charge is 0.0900 e. The van der Waals surface area contributed by atoms with Crippen LogP contribution in [0.5, 0.6) is 0 Å². The van der Waals surface area contributed by atoms with E-state index in [9.17, 15) is 0 Å². The molecule has 7 aromatic rings. The highest BCUT2D eigenvalue weighted by atomic mass is 14.8. The zero-order chi connectivity index (χ0) is 28.1. The molecule has 0 unspecified atom stereocenters. The summed E-state index contributed by atoms with van der Waals surface area (Å²) in [5.41, 5.74) is 10.7. The van der Waals surface area contributed by atoms with E-state index in [-0.39, 0.29) is 0 Å². The molecule has 0 aliphatic rings. The topological polar surface area (TPSA) is 77.3 Å². The Morgan fingerprint density at radius 3 is 0.786 bits per heavy atom. The lowest BCUT2D eigenvalue weighted by atomic mass is 9.98. The lowest BCUT2D eigenvalue weighted by Gasteiger charge is -2.11. The van der Waals surface area contributed by atoms with Crippen LogP contribution in [0.25, 0.3) is 67.8 Å². The summed E-state index contributed by atoms with van der Waals surface area (Å²) in [5.74, 6) is 0. The van der Waals surface area contributed by atoms with Gasteiger partial charge in [-0.3, -0.25) is 19.9 Å². The van der Waals surface area contributed by atoms with Crippen molar-refractivity contribution in [1.29, 1.82) is 0 Å². The van der Waals surface area contributed by atoms with Gasteiger partial charge >= 0.3 is 0 Å². The van der Waals surface area contributed by atoms with E-state index in [1.54, 1.807) is 24.8 Å². The van der Waals surface area contributed by atoms with E-state index in [0.717, 1.165) is 67.8 Å². The molecule has 6 aromatic heterocycles. The summed E-state index contributed by atoms with van der Waals surface area (Å²) in [6.45, 7) is 0. The Morgan fingerprint density at radius 1 is 0.262 bits per heavy atom. The first kappa shape index (κ1) is 25.1. The van der Waals surface area contributed by atoms with Crippen LogP contribution in [0.4, 0.5) is 0 Å². The van der Waals surface area contributed by atoms with Gasteiger partial charge in [0.15, 0.2) is 0 Å².